The summed E-state index contributed by atoms with van der Waals surface area (Å²) in [6.45, 7) is 3.23. The van der Waals surface area contributed by atoms with Crippen LogP contribution in [0.5, 0.6) is 5.75 Å². The average Bonchev–Trinajstić information content (AvgIpc) is 2.53. The first kappa shape index (κ1) is 19.1. The molecule has 0 radical (unpaired) electrons. The Morgan fingerprint density at radius 3 is 2.59 bits per heavy atom. The fourth-order valence-corrected chi connectivity index (χ4v) is 2.64. The van der Waals surface area contributed by atoms with Crippen LogP contribution in [0.15, 0.2) is 24.3 Å². The van der Waals surface area contributed by atoms with Crippen molar-refractivity contribution in [2.45, 2.75) is 19.3 Å². The lowest BCUT2D eigenvalue weighted by atomic mass is 9.97. The van der Waals surface area contributed by atoms with E-state index >= 15 is 0 Å². The van der Waals surface area contributed by atoms with Gasteiger partial charge in [-0.1, -0.05) is 11.6 Å². The largest absolute Gasteiger partial charge is 0.494 e. The van der Waals surface area contributed by atoms with Crippen LogP contribution in [0.4, 0.5) is 0 Å². The molecule has 0 aromatic heterocycles. The first-order valence-electron chi connectivity index (χ1n) is 7.51. The van der Waals surface area contributed by atoms with E-state index < -0.39 is 0 Å². The third-order valence-corrected chi connectivity index (χ3v) is 4.04. The van der Waals surface area contributed by atoms with Crippen molar-refractivity contribution < 1.29 is 9.53 Å². The van der Waals surface area contributed by atoms with Gasteiger partial charge in [0.1, 0.15) is 5.75 Å². The SMILES string of the molecule is CN(CCCOc1ccc(Cl)cc1)C(=O)C1CCNCC1.Cl. The zero-order chi connectivity index (χ0) is 15.1. The molecule has 0 spiro atoms. The maximum Gasteiger partial charge on any atom is 0.225 e. The van der Waals surface area contributed by atoms with E-state index in [2.05, 4.69) is 5.32 Å². The monoisotopic (exact) mass is 346 g/mol. The van der Waals surface area contributed by atoms with Crippen molar-refractivity contribution in [3.8, 4) is 5.75 Å². The Morgan fingerprint density at radius 1 is 1.32 bits per heavy atom. The molecule has 124 valence electrons. The van der Waals surface area contributed by atoms with Gasteiger partial charge in [0.2, 0.25) is 5.91 Å². The smallest absolute Gasteiger partial charge is 0.225 e. The second-order valence-corrected chi connectivity index (χ2v) is 5.88. The van der Waals surface area contributed by atoms with Gasteiger partial charge in [0.05, 0.1) is 6.61 Å². The first-order chi connectivity index (χ1) is 10.2. The molecule has 4 nitrogen and oxygen atoms in total. The second kappa shape index (κ2) is 9.93. The molecule has 1 heterocycles. The van der Waals surface area contributed by atoms with Crippen molar-refractivity contribution in [2.24, 2.45) is 5.92 Å². The molecule has 1 aliphatic rings. The third kappa shape index (κ3) is 6.03. The molecular formula is C16H24Cl2N2O2. The van der Waals surface area contributed by atoms with Crippen LogP contribution in [0, 0.1) is 5.92 Å². The van der Waals surface area contributed by atoms with Gasteiger partial charge in [-0.05, 0) is 56.6 Å². The Hall–Kier alpha value is -0.970. The van der Waals surface area contributed by atoms with E-state index in [0.717, 1.165) is 44.6 Å². The molecule has 0 aliphatic carbocycles. The summed E-state index contributed by atoms with van der Waals surface area (Å²) in [4.78, 5) is 14.1. The highest BCUT2D eigenvalue weighted by atomic mass is 35.5. The predicted molar refractivity (Wildman–Crippen MR) is 92.0 cm³/mol. The summed E-state index contributed by atoms with van der Waals surface area (Å²) < 4.78 is 5.63. The van der Waals surface area contributed by atoms with Gasteiger partial charge in [-0.25, -0.2) is 0 Å². The van der Waals surface area contributed by atoms with E-state index in [1.807, 2.05) is 36.2 Å². The van der Waals surface area contributed by atoms with Crippen molar-refractivity contribution >= 4 is 29.9 Å². The Kier molecular flexibility index (Phi) is 8.61. The summed E-state index contributed by atoms with van der Waals surface area (Å²) in [5, 5.41) is 3.99. The molecule has 0 atom stereocenters. The zero-order valence-electron chi connectivity index (χ0n) is 12.9. The van der Waals surface area contributed by atoms with Gasteiger partial charge in [0.25, 0.3) is 0 Å². The van der Waals surface area contributed by atoms with Crippen LogP contribution in [-0.2, 0) is 4.79 Å². The molecule has 1 saturated heterocycles. The van der Waals surface area contributed by atoms with Crippen molar-refractivity contribution in [3.05, 3.63) is 29.3 Å². The highest BCUT2D eigenvalue weighted by Gasteiger charge is 2.23. The maximum atomic E-state index is 12.2. The van der Waals surface area contributed by atoms with E-state index in [4.69, 9.17) is 16.3 Å². The lowest BCUT2D eigenvalue weighted by Gasteiger charge is -2.26. The van der Waals surface area contributed by atoms with E-state index in [1.54, 1.807) is 0 Å². The number of hydrogen-bond donors (Lipinski definition) is 1. The minimum Gasteiger partial charge on any atom is -0.494 e. The molecule has 2 rings (SSSR count). The summed E-state index contributed by atoms with van der Waals surface area (Å²) in [5.41, 5.74) is 0. The molecule has 1 aromatic rings. The topological polar surface area (TPSA) is 41.6 Å². The molecule has 6 heteroatoms. The number of amides is 1. The van der Waals surface area contributed by atoms with Crippen LogP contribution < -0.4 is 10.1 Å². The fraction of sp³-hybridized carbons (Fsp3) is 0.562. The Balaban J connectivity index is 0.00000242. The van der Waals surface area contributed by atoms with Crippen LogP contribution in [-0.4, -0.2) is 44.1 Å². The highest BCUT2D eigenvalue weighted by Crippen LogP contribution is 2.16. The van der Waals surface area contributed by atoms with Crippen LogP contribution in [0.3, 0.4) is 0 Å². The number of nitrogens with one attached hydrogen (secondary N) is 1. The number of halogens is 2. The van der Waals surface area contributed by atoms with Crippen LogP contribution >= 0.6 is 24.0 Å². The molecular weight excluding hydrogens is 323 g/mol. The molecule has 1 aliphatic heterocycles. The van der Waals surface area contributed by atoms with Crippen LogP contribution in [0.25, 0.3) is 0 Å². The second-order valence-electron chi connectivity index (χ2n) is 5.44. The Morgan fingerprint density at radius 2 is 1.95 bits per heavy atom. The van der Waals surface area contributed by atoms with E-state index in [0.29, 0.717) is 11.6 Å². The fourth-order valence-electron chi connectivity index (χ4n) is 2.51. The highest BCUT2D eigenvalue weighted by molar-refractivity contribution is 6.30. The number of rotatable bonds is 6. The molecule has 1 amide bonds. The lowest BCUT2D eigenvalue weighted by molar-refractivity contribution is -0.135. The van der Waals surface area contributed by atoms with Crippen molar-refractivity contribution in [3.63, 3.8) is 0 Å². The standard InChI is InChI=1S/C16H23ClN2O2.ClH/c1-19(16(20)13-7-9-18-10-8-13)11-2-12-21-15-5-3-14(17)4-6-15;/h3-6,13,18H,2,7-12H2,1H3;1H. The summed E-state index contributed by atoms with van der Waals surface area (Å²) in [5.74, 6) is 1.27. The Bertz CT molecular complexity index is 448. The van der Waals surface area contributed by atoms with Gasteiger partial charge < -0.3 is 15.0 Å². The average molecular weight is 347 g/mol. The number of carbonyl (C=O) groups is 1. The van der Waals surface area contributed by atoms with Gasteiger partial charge >= 0.3 is 0 Å². The summed E-state index contributed by atoms with van der Waals surface area (Å²) >= 11 is 5.82. The van der Waals surface area contributed by atoms with Gasteiger partial charge in [0.15, 0.2) is 0 Å². The van der Waals surface area contributed by atoms with E-state index in [-0.39, 0.29) is 24.2 Å². The molecule has 1 fully saturated rings. The number of hydrogen-bond acceptors (Lipinski definition) is 3. The minimum absolute atomic E-state index is 0. The molecule has 22 heavy (non-hydrogen) atoms. The van der Waals surface area contributed by atoms with Gasteiger partial charge in [-0.2, -0.15) is 0 Å². The van der Waals surface area contributed by atoms with Crippen molar-refractivity contribution in [2.75, 3.05) is 33.3 Å². The van der Waals surface area contributed by atoms with Crippen molar-refractivity contribution in [1.29, 1.82) is 0 Å². The quantitative estimate of drug-likeness (QED) is 0.805. The number of benzene rings is 1. The zero-order valence-corrected chi connectivity index (χ0v) is 14.5. The summed E-state index contributed by atoms with van der Waals surface area (Å²) in [7, 11) is 1.88. The number of piperidine rings is 1. The van der Waals surface area contributed by atoms with Crippen molar-refractivity contribution in [1.82, 2.24) is 10.2 Å². The van der Waals surface area contributed by atoms with Gasteiger partial charge in [0, 0.05) is 24.5 Å². The molecule has 1 N–H and O–H groups in total. The van der Waals surface area contributed by atoms with E-state index in [9.17, 15) is 4.79 Å². The first-order valence-corrected chi connectivity index (χ1v) is 7.88. The number of ether oxygens (including phenoxy) is 1. The minimum atomic E-state index is 0. The normalized spacial score (nSPS) is 15.0. The molecule has 0 saturated carbocycles. The molecule has 0 bridgehead atoms. The summed E-state index contributed by atoms with van der Waals surface area (Å²) in [6, 6.07) is 7.33. The number of nitrogens with zero attached hydrogens (tertiary/aromatic N) is 1. The Labute approximate surface area is 143 Å². The summed E-state index contributed by atoms with van der Waals surface area (Å²) in [6.07, 6.45) is 2.73. The van der Waals surface area contributed by atoms with Crippen LogP contribution in [0.1, 0.15) is 19.3 Å². The lowest BCUT2D eigenvalue weighted by Crippen LogP contribution is -2.39. The molecule has 1 aromatic carbocycles. The number of carbonyl (C=O) groups excluding carboxylic acids is 1. The van der Waals surface area contributed by atoms with Gasteiger partial charge in [-0.3, -0.25) is 4.79 Å². The van der Waals surface area contributed by atoms with Crippen LogP contribution in [0.2, 0.25) is 5.02 Å². The molecule has 0 unspecified atom stereocenters. The predicted octanol–water partition coefficient (Wildman–Crippen LogP) is 2.99. The van der Waals surface area contributed by atoms with Gasteiger partial charge in [-0.15, -0.1) is 12.4 Å². The maximum absolute atomic E-state index is 12.2. The third-order valence-electron chi connectivity index (χ3n) is 3.78. The van der Waals surface area contributed by atoms with E-state index in [1.165, 1.54) is 0 Å².